The highest BCUT2D eigenvalue weighted by molar-refractivity contribution is 6.24. The number of imide groups is 1. The molecule has 6 rings (SSSR count). The number of fused-ring (bicyclic) bond motifs is 8. The number of hydrogen-bond acceptors (Lipinski definition) is 6. The fraction of sp³-hybridized carbons (Fsp3) is 0.448. The van der Waals surface area contributed by atoms with Gasteiger partial charge in [-0.2, -0.15) is 0 Å². The predicted octanol–water partition coefficient (Wildman–Crippen LogP) is 5.70. The molecule has 2 aromatic carbocycles. The number of nitrogens with one attached hydrogen (secondary N) is 1. The van der Waals surface area contributed by atoms with Gasteiger partial charge < -0.3 is 20.2 Å². The summed E-state index contributed by atoms with van der Waals surface area (Å²) in [5.41, 5.74) is 3.38. The van der Waals surface area contributed by atoms with E-state index in [1.807, 2.05) is 0 Å². The van der Waals surface area contributed by atoms with E-state index in [-0.39, 0.29) is 40.0 Å². The Labute approximate surface area is 215 Å². The molecule has 0 radical (unpaired) electrons. The SMILES string of the molecule is COc1ccc(N2C(=O)C3c4[nH]c5ccc(N([O-])O)cc5c4C4CCC(C(C)(C)C)CC4C3C2=O)cc1. The van der Waals surface area contributed by atoms with Crippen LogP contribution in [-0.2, 0) is 9.59 Å². The summed E-state index contributed by atoms with van der Waals surface area (Å²) < 4.78 is 5.26. The molecule has 2 amide bonds. The minimum Gasteiger partial charge on any atom is -0.733 e. The fourth-order valence-electron chi connectivity index (χ4n) is 7.14. The van der Waals surface area contributed by atoms with Crippen LogP contribution >= 0.6 is 0 Å². The predicted molar refractivity (Wildman–Crippen MR) is 141 cm³/mol. The van der Waals surface area contributed by atoms with Gasteiger partial charge in [0.15, 0.2) is 0 Å². The second-order valence-electron chi connectivity index (χ2n) is 11.8. The van der Waals surface area contributed by atoms with Crippen molar-refractivity contribution in [3.05, 3.63) is 58.9 Å². The Hall–Kier alpha value is -3.36. The van der Waals surface area contributed by atoms with E-state index in [1.54, 1.807) is 49.6 Å². The first kappa shape index (κ1) is 24.0. The van der Waals surface area contributed by atoms with Crippen LogP contribution < -0.4 is 14.9 Å². The molecular formula is C29H32N3O5-. The molecule has 3 aliphatic rings. The van der Waals surface area contributed by atoms with Crippen molar-refractivity contribution in [2.45, 2.75) is 51.9 Å². The van der Waals surface area contributed by atoms with Gasteiger partial charge >= 0.3 is 0 Å². The second kappa shape index (κ2) is 8.33. The highest BCUT2D eigenvalue weighted by atomic mass is 16.8. The van der Waals surface area contributed by atoms with Crippen molar-refractivity contribution in [2.24, 2.45) is 23.2 Å². The van der Waals surface area contributed by atoms with E-state index in [9.17, 15) is 20.0 Å². The molecular weight excluding hydrogens is 470 g/mol. The number of amides is 2. The Bertz CT molecular complexity index is 1390. The number of carbonyl (C=O) groups excluding carboxylic acids is 2. The van der Waals surface area contributed by atoms with Crippen LogP contribution in [0, 0.1) is 28.4 Å². The largest absolute Gasteiger partial charge is 0.733 e. The average Bonchev–Trinajstić information content (AvgIpc) is 3.37. The van der Waals surface area contributed by atoms with E-state index in [0.717, 1.165) is 41.4 Å². The Balaban J connectivity index is 1.52. The minimum atomic E-state index is -0.613. The first-order valence-corrected chi connectivity index (χ1v) is 12.9. The smallest absolute Gasteiger partial charge is 0.243 e. The molecule has 2 heterocycles. The lowest BCUT2D eigenvalue weighted by Crippen LogP contribution is -2.41. The van der Waals surface area contributed by atoms with Gasteiger partial charge in [0.1, 0.15) is 5.75 Å². The highest BCUT2D eigenvalue weighted by Crippen LogP contribution is 2.60. The monoisotopic (exact) mass is 502 g/mol. The Morgan fingerprint density at radius 1 is 1.08 bits per heavy atom. The van der Waals surface area contributed by atoms with E-state index >= 15 is 0 Å². The molecule has 1 saturated carbocycles. The lowest BCUT2D eigenvalue weighted by Gasteiger charge is -2.47. The molecule has 37 heavy (non-hydrogen) atoms. The lowest BCUT2D eigenvalue weighted by atomic mass is 9.56. The van der Waals surface area contributed by atoms with E-state index < -0.39 is 11.8 Å². The van der Waals surface area contributed by atoms with Gasteiger partial charge in [-0.25, -0.2) is 4.90 Å². The third-order valence-electron chi connectivity index (χ3n) is 9.02. The van der Waals surface area contributed by atoms with Gasteiger partial charge in [0.25, 0.3) is 0 Å². The van der Waals surface area contributed by atoms with Gasteiger partial charge in [-0.1, -0.05) is 20.8 Å². The maximum atomic E-state index is 14.1. The van der Waals surface area contributed by atoms with Crippen LogP contribution in [0.4, 0.5) is 11.4 Å². The van der Waals surface area contributed by atoms with E-state index in [2.05, 4.69) is 25.8 Å². The topological polar surface area (TPSA) is 109 Å². The zero-order valence-corrected chi connectivity index (χ0v) is 21.5. The number of aromatic amines is 1. The number of hydrogen-bond donors (Lipinski definition) is 2. The summed E-state index contributed by atoms with van der Waals surface area (Å²) in [4.78, 5) is 32.9. The first-order valence-electron chi connectivity index (χ1n) is 12.9. The van der Waals surface area contributed by atoms with Crippen LogP contribution in [0.5, 0.6) is 5.75 Å². The summed E-state index contributed by atoms with van der Waals surface area (Å²) in [5, 5.41) is 22.0. The second-order valence-corrected chi connectivity index (χ2v) is 11.8. The van der Waals surface area contributed by atoms with Crippen molar-refractivity contribution in [1.82, 2.24) is 4.98 Å². The van der Waals surface area contributed by atoms with Crippen LogP contribution in [0.2, 0.25) is 0 Å². The molecule has 8 nitrogen and oxygen atoms in total. The highest BCUT2D eigenvalue weighted by Gasteiger charge is 2.59. The number of anilines is 2. The first-order chi connectivity index (χ1) is 17.6. The molecule has 0 bridgehead atoms. The quantitative estimate of drug-likeness (QED) is 0.351. The minimum absolute atomic E-state index is 0.00955. The van der Waals surface area contributed by atoms with Gasteiger partial charge in [-0.3, -0.25) is 14.8 Å². The third kappa shape index (κ3) is 3.57. The normalized spacial score (nSPS) is 27.2. The number of H-pyrrole nitrogens is 1. The van der Waals surface area contributed by atoms with E-state index in [0.29, 0.717) is 17.4 Å². The Morgan fingerprint density at radius 2 is 1.81 bits per heavy atom. The van der Waals surface area contributed by atoms with Crippen LogP contribution in [0.1, 0.15) is 63.1 Å². The molecule has 1 aromatic heterocycles. The lowest BCUT2D eigenvalue weighted by molar-refractivity contribution is -0.123. The zero-order chi connectivity index (χ0) is 26.2. The Morgan fingerprint density at radius 3 is 2.46 bits per heavy atom. The molecule has 2 N–H and O–H groups in total. The van der Waals surface area contributed by atoms with Crippen molar-refractivity contribution < 1.29 is 19.5 Å². The summed E-state index contributed by atoms with van der Waals surface area (Å²) in [7, 11) is 1.58. The molecule has 1 aliphatic heterocycles. The fourth-order valence-corrected chi connectivity index (χ4v) is 7.14. The van der Waals surface area contributed by atoms with Crippen LogP contribution in [-0.4, -0.2) is 29.1 Å². The summed E-state index contributed by atoms with van der Waals surface area (Å²) in [6.07, 6.45) is 2.81. The maximum absolute atomic E-state index is 14.1. The number of rotatable bonds is 3. The third-order valence-corrected chi connectivity index (χ3v) is 9.02. The van der Waals surface area contributed by atoms with Crippen molar-refractivity contribution in [2.75, 3.05) is 17.2 Å². The number of carbonyl (C=O) groups is 2. The molecule has 194 valence electrons. The molecule has 1 saturated heterocycles. The number of aromatic nitrogens is 1. The number of ether oxygens (including phenoxy) is 1. The standard InChI is InChI=1S/C29H32N3O5/c1-29(2,3)15-5-11-19-20(13-15)24-25(26-23(19)21-14-17(32(35)36)8-12-22(21)30-26)28(34)31(27(24)33)16-6-9-18(37-4)10-7-16/h6-10,12,14-15,19-20,24-25,30,35H,5,11,13H2,1-4H3/q-1. The number of methoxy groups -OCH3 is 1. The Kier molecular flexibility index (Phi) is 5.40. The van der Waals surface area contributed by atoms with Crippen molar-refractivity contribution >= 4 is 34.1 Å². The summed E-state index contributed by atoms with van der Waals surface area (Å²) in [6, 6.07) is 12.0. The maximum Gasteiger partial charge on any atom is 0.243 e. The van der Waals surface area contributed by atoms with E-state index in [4.69, 9.17) is 4.74 Å². The van der Waals surface area contributed by atoms with Gasteiger partial charge in [-0.05, 0) is 90.5 Å². The van der Waals surface area contributed by atoms with Gasteiger partial charge in [0, 0.05) is 16.6 Å². The van der Waals surface area contributed by atoms with Crippen molar-refractivity contribution in [3.63, 3.8) is 0 Å². The van der Waals surface area contributed by atoms with Crippen molar-refractivity contribution in [3.8, 4) is 5.75 Å². The van der Waals surface area contributed by atoms with E-state index in [1.165, 1.54) is 4.90 Å². The number of benzene rings is 2. The van der Waals surface area contributed by atoms with Crippen LogP contribution in [0.15, 0.2) is 42.5 Å². The van der Waals surface area contributed by atoms with Crippen LogP contribution in [0.25, 0.3) is 10.9 Å². The zero-order valence-electron chi connectivity index (χ0n) is 21.5. The van der Waals surface area contributed by atoms with Gasteiger partial charge in [-0.15, -0.1) is 0 Å². The molecule has 2 fully saturated rings. The van der Waals surface area contributed by atoms with Gasteiger partial charge in [0.2, 0.25) is 11.8 Å². The number of nitrogens with zero attached hydrogens (tertiary/aromatic N) is 2. The van der Waals surface area contributed by atoms with Crippen LogP contribution in [0.3, 0.4) is 0 Å². The summed E-state index contributed by atoms with van der Waals surface area (Å²) in [5.74, 6) is -0.236. The molecule has 5 atom stereocenters. The summed E-state index contributed by atoms with van der Waals surface area (Å²) in [6.45, 7) is 6.74. The molecule has 8 heteroatoms. The summed E-state index contributed by atoms with van der Waals surface area (Å²) >= 11 is 0. The molecule has 0 spiro atoms. The molecule has 2 aliphatic carbocycles. The average molecular weight is 503 g/mol. The molecule has 5 unspecified atom stereocenters. The van der Waals surface area contributed by atoms with Gasteiger partial charge in [0.05, 0.1) is 30.3 Å². The molecule has 3 aromatic rings. The van der Waals surface area contributed by atoms with Crippen molar-refractivity contribution in [1.29, 1.82) is 0 Å².